The zero-order valence-corrected chi connectivity index (χ0v) is 11.2. The molecule has 1 aromatic rings. The summed E-state index contributed by atoms with van der Waals surface area (Å²) in [5, 5.41) is 11.0. The molecule has 0 aliphatic carbocycles. The van der Waals surface area contributed by atoms with Gasteiger partial charge < -0.3 is 10.4 Å². The van der Waals surface area contributed by atoms with Crippen LogP contribution in [0.15, 0.2) is 24.4 Å². The molecule has 0 atom stereocenters. The van der Waals surface area contributed by atoms with Gasteiger partial charge in [-0.2, -0.15) is 0 Å². The lowest BCUT2D eigenvalue weighted by Gasteiger charge is -2.08. The Labute approximate surface area is 112 Å². The van der Waals surface area contributed by atoms with E-state index in [0.29, 0.717) is 6.42 Å². The molecule has 3 N–H and O–H groups in total. The average Bonchev–Trinajstić information content (AvgIpc) is 2.36. The standard InChI is InChI=1S/C11H17N3O4S/c15-8-3-5-11(16)13-7-9-19(17,18)14-10-4-1-2-6-12-10/h1-2,4,6,15H,3,5,7-9H2,(H,12,14)(H,13,16). The van der Waals surface area contributed by atoms with Crippen LogP contribution < -0.4 is 10.0 Å². The molecule has 0 aliphatic rings. The van der Waals surface area contributed by atoms with Crippen LogP contribution >= 0.6 is 0 Å². The van der Waals surface area contributed by atoms with Crippen molar-refractivity contribution < 1.29 is 18.3 Å². The number of nitrogens with zero attached hydrogens (tertiary/aromatic N) is 1. The maximum atomic E-state index is 11.7. The van der Waals surface area contributed by atoms with E-state index in [1.165, 1.54) is 12.3 Å². The van der Waals surface area contributed by atoms with Crippen molar-refractivity contribution in [2.75, 3.05) is 23.6 Å². The number of pyridine rings is 1. The van der Waals surface area contributed by atoms with Crippen molar-refractivity contribution in [1.82, 2.24) is 10.3 Å². The molecule has 0 spiro atoms. The summed E-state index contributed by atoms with van der Waals surface area (Å²) in [6.45, 7) is -0.0423. The molecule has 8 heteroatoms. The predicted molar refractivity (Wildman–Crippen MR) is 71.0 cm³/mol. The summed E-state index contributed by atoms with van der Waals surface area (Å²) in [5.74, 6) is -0.259. The third-order valence-corrected chi connectivity index (χ3v) is 3.44. The molecule has 1 aromatic heterocycles. The molecule has 1 rings (SSSR count). The number of sulfonamides is 1. The Morgan fingerprint density at radius 1 is 1.37 bits per heavy atom. The van der Waals surface area contributed by atoms with Crippen molar-refractivity contribution in [2.45, 2.75) is 12.8 Å². The van der Waals surface area contributed by atoms with Crippen LogP contribution in [0.3, 0.4) is 0 Å². The Bertz CT molecular complexity index is 490. The molecule has 106 valence electrons. The molecule has 0 aromatic carbocycles. The SMILES string of the molecule is O=C(CCCO)NCCS(=O)(=O)Nc1ccccn1. The van der Waals surface area contributed by atoms with Gasteiger partial charge in [-0.05, 0) is 18.6 Å². The van der Waals surface area contributed by atoms with Crippen molar-refractivity contribution >= 4 is 21.7 Å². The summed E-state index contributed by atoms with van der Waals surface area (Å²) in [7, 11) is -3.53. The smallest absolute Gasteiger partial charge is 0.235 e. The van der Waals surface area contributed by atoms with E-state index in [1.54, 1.807) is 12.1 Å². The number of anilines is 1. The van der Waals surface area contributed by atoms with E-state index in [0.717, 1.165) is 0 Å². The molecule has 0 radical (unpaired) electrons. The van der Waals surface area contributed by atoms with Gasteiger partial charge in [0.15, 0.2) is 0 Å². The molecule has 1 heterocycles. The van der Waals surface area contributed by atoms with Gasteiger partial charge in [-0.3, -0.25) is 9.52 Å². The normalized spacial score (nSPS) is 11.0. The number of aliphatic hydroxyl groups is 1. The highest BCUT2D eigenvalue weighted by atomic mass is 32.2. The second-order valence-electron chi connectivity index (χ2n) is 3.81. The highest BCUT2D eigenvalue weighted by Gasteiger charge is 2.11. The van der Waals surface area contributed by atoms with E-state index in [-0.39, 0.29) is 37.1 Å². The van der Waals surface area contributed by atoms with E-state index in [4.69, 9.17) is 5.11 Å². The summed E-state index contributed by atoms with van der Waals surface area (Å²) in [6.07, 6.45) is 2.03. The second kappa shape index (κ2) is 7.70. The molecule has 1 amide bonds. The fraction of sp³-hybridized carbons (Fsp3) is 0.455. The zero-order valence-electron chi connectivity index (χ0n) is 10.4. The largest absolute Gasteiger partial charge is 0.396 e. The quantitative estimate of drug-likeness (QED) is 0.609. The number of hydrogen-bond donors (Lipinski definition) is 3. The molecule has 0 aliphatic heterocycles. The minimum atomic E-state index is -3.53. The highest BCUT2D eigenvalue weighted by Crippen LogP contribution is 2.03. The summed E-state index contributed by atoms with van der Waals surface area (Å²) in [6, 6.07) is 4.89. The average molecular weight is 287 g/mol. The molecular weight excluding hydrogens is 270 g/mol. The van der Waals surface area contributed by atoms with E-state index in [2.05, 4.69) is 15.0 Å². The molecule has 19 heavy (non-hydrogen) atoms. The first-order valence-electron chi connectivity index (χ1n) is 5.82. The minimum absolute atomic E-state index is 0.0203. The van der Waals surface area contributed by atoms with Crippen LogP contribution in [-0.2, 0) is 14.8 Å². The van der Waals surface area contributed by atoms with E-state index in [9.17, 15) is 13.2 Å². The summed E-state index contributed by atoms with van der Waals surface area (Å²) in [5.41, 5.74) is 0. The lowest BCUT2D eigenvalue weighted by atomic mass is 10.3. The minimum Gasteiger partial charge on any atom is -0.396 e. The molecule has 0 unspecified atom stereocenters. The summed E-state index contributed by atoms with van der Waals surface area (Å²) in [4.78, 5) is 15.0. The van der Waals surface area contributed by atoms with Crippen molar-refractivity contribution in [3.8, 4) is 0 Å². The Morgan fingerprint density at radius 2 is 2.16 bits per heavy atom. The van der Waals surface area contributed by atoms with Crippen LogP contribution in [-0.4, -0.2) is 43.3 Å². The third-order valence-electron chi connectivity index (χ3n) is 2.18. The Morgan fingerprint density at radius 3 is 2.79 bits per heavy atom. The molecule has 7 nitrogen and oxygen atoms in total. The molecular formula is C11H17N3O4S. The van der Waals surface area contributed by atoms with Gasteiger partial charge in [0.1, 0.15) is 5.82 Å². The van der Waals surface area contributed by atoms with E-state index in [1.807, 2.05) is 0 Å². The van der Waals surface area contributed by atoms with Crippen molar-refractivity contribution in [3.05, 3.63) is 24.4 Å². The first kappa shape index (κ1) is 15.4. The van der Waals surface area contributed by atoms with Gasteiger partial charge in [-0.1, -0.05) is 6.07 Å². The predicted octanol–water partition coefficient (Wildman–Crippen LogP) is -0.288. The zero-order chi connectivity index (χ0) is 14.1. The topological polar surface area (TPSA) is 108 Å². The number of carbonyl (C=O) groups is 1. The number of carbonyl (C=O) groups excluding carboxylic acids is 1. The van der Waals surface area contributed by atoms with Crippen LogP contribution in [0.2, 0.25) is 0 Å². The van der Waals surface area contributed by atoms with Crippen LogP contribution in [0.4, 0.5) is 5.82 Å². The highest BCUT2D eigenvalue weighted by molar-refractivity contribution is 7.92. The molecule has 0 fully saturated rings. The van der Waals surface area contributed by atoms with E-state index < -0.39 is 10.0 Å². The summed E-state index contributed by atoms with van der Waals surface area (Å²) >= 11 is 0. The first-order chi connectivity index (χ1) is 9.03. The Balaban J connectivity index is 2.33. The molecule has 0 saturated heterocycles. The van der Waals surface area contributed by atoms with Gasteiger partial charge >= 0.3 is 0 Å². The van der Waals surface area contributed by atoms with Crippen LogP contribution in [0.1, 0.15) is 12.8 Å². The number of nitrogens with one attached hydrogen (secondary N) is 2. The number of hydrogen-bond acceptors (Lipinski definition) is 5. The van der Waals surface area contributed by atoms with Gasteiger partial charge in [0.25, 0.3) is 0 Å². The van der Waals surface area contributed by atoms with Crippen molar-refractivity contribution in [1.29, 1.82) is 0 Å². The van der Waals surface area contributed by atoms with Crippen molar-refractivity contribution in [2.24, 2.45) is 0 Å². The summed E-state index contributed by atoms with van der Waals surface area (Å²) < 4.78 is 25.6. The van der Waals surface area contributed by atoms with Gasteiger partial charge in [0.2, 0.25) is 15.9 Å². The number of aliphatic hydroxyl groups excluding tert-OH is 1. The maximum Gasteiger partial charge on any atom is 0.235 e. The lowest BCUT2D eigenvalue weighted by molar-refractivity contribution is -0.121. The fourth-order valence-electron chi connectivity index (χ4n) is 1.29. The second-order valence-corrected chi connectivity index (χ2v) is 5.65. The Kier molecular flexibility index (Phi) is 6.23. The molecule has 0 bridgehead atoms. The number of aromatic nitrogens is 1. The fourth-order valence-corrected chi connectivity index (χ4v) is 2.20. The van der Waals surface area contributed by atoms with Gasteiger partial charge in [-0.15, -0.1) is 0 Å². The lowest BCUT2D eigenvalue weighted by Crippen LogP contribution is -2.31. The van der Waals surface area contributed by atoms with Crippen LogP contribution in [0.25, 0.3) is 0 Å². The molecule has 0 saturated carbocycles. The van der Waals surface area contributed by atoms with E-state index >= 15 is 0 Å². The Hall–Kier alpha value is -1.67. The monoisotopic (exact) mass is 287 g/mol. The number of rotatable bonds is 8. The van der Waals surface area contributed by atoms with Gasteiger partial charge in [0.05, 0.1) is 5.75 Å². The van der Waals surface area contributed by atoms with Gasteiger partial charge in [-0.25, -0.2) is 13.4 Å². The maximum absolute atomic E-state index is 11.7. The third kappa shape index (κ3) is 6.73. The van der Waals surface area contributed by atoms with Crippen molar-refractivity contribution in [3.63, 3.8) is 0 Å². The first-order valence-corrected chi connectivity index (χ1v) is 7.48. The number of amides is 1. The van der Waals surface area contributed by atoms with Crippen LogP contribution in [0, 0.1) is 0 Å². The van der Waals surface area contributed by atoms with Gasteiger partial charge in [0, 0.05) is 25.8 Å². The van der Waals surface area contributed by atoms with Crippen LogP contribution in [0.5, 0.6) is 0 Å².